The maximum atomic E-state index is 5.30. The van der Waals surface area contributed by atoms with Gasteiger partial charge in [0, 0.05) is 0 Å². The summed E-state index contributed by atoms with van der Waals surface area (Å²) < 4.78 is 0. The van der Waals surface area contributed by atoms with Gasteiger partial charge in [-0.3, -0.25) is 4.84 Å². The van der Waals surface area contributed by atoms with Gasteiger partial charge in [-0.15, -0.1) is 0 Å². The van der Waals surface area contributed by atoms with Gasteiger partial charge >= 0.3 is 0 Å². The normalized spacial score (nSPS) is 18.7. The van der Waals surface area contributed by atoms with Crippen LogP contribution in [-0.2, 0) is 4.84 Å². The maximum Gasteiger partial charge on any atom is 0.0865 e. The number of rotatable bonds is 6. The predicted molar refractivity (Wildman–Crippen MR) is 57.2 cm³/mol. The van der Waals surface area contributed by atoms with Crippen LogP contribution in [0.3, 0.4) is 0 Å². The Hall–Kier alpha value is -0.0800. The second-order valence-electron chi connectivity index (χ2n) is 4.86. The SMILES string of the molecule is CCC(C)(CC(C)CC(C)C)ON. The summed E-state index contributed by atoms with van der Waals surface area (Å²) in [6.45, 7) is 11.0. The zero-order chi connectivity index (χ0) is 10.5. The van der Waals surface area contributed by atoms with Gasteiger partial charge in [-0.05, 0) is 38.0 Å². The highest BCUT2D eigenvalue weighted by Gasteiger charge is 2.25. The highest BCUT2D eigenvalue weighted by molar-refractivity contribution is 4.75. The molecule has 2 atom stereocenters. The fraction of sp³-hybridized carbons (Fsp3) is 1.00. The Kier molecular flexibility index (Phi) is 5.57. The van der Waals surface area contributed by atoms with E-state index in [1.165, 1.54) is 6.42 Å². The van der Waals surface area contributed by atoms with E-state index in [0.717, 1.165) is 18.8 Å². The minimum absolute atomic E-state index is 0.131. The lowest BCUT2D eigenvalue weighted by Crippen LogP contribution is -2.33. The van der Waals surface area contributed by atoms with E-state index in [1.807, 2.05) is 0 Å². The molecule has 0 bridgehead atoms. The molecule has 13 heavy (non-hydrogen) atoms. The van der Waals surface area contributed by atoms with Crippen molar-refractivity contribution in [1.82, 2.24) is 0 Å². The van der Waals surface area contributed by atoms with E-state index in [1.54, 1.807) is 0 Å². The summed E-state index contributed by atoms with van der Waals surface area (Å²) in [4.78, 5) is 5.04. The first-order valence-electron chi connectivity index (χ1n) is 5.31. The van der Waals surface area contributed by atoms with E-state index in [-0.39, 0.29) is 5.60 Å². The molecule has 2 nitrogen and oxygen atoms in total. The molecule has 0 rings (SSSR count). The summed E-state index contributed by atoms with van der Waals surface area (Å²) >= 11 is 0. The molecule has 0 saturated heterocycles. The molecule has 0 heterocycles. The van der Waals surface area contributed by atoms with Crippen LogP contribution in [0.1, 0.15) is 53.9 Å². The molecule has 0 amide bonds. The number of hydrogen-bond donors (Lipinski definition) is 1. The maximum absolute atomic E-state index is 5.30. The van der Waals surface area contributed by atoms with Crippen LogP contribution < -0.4 is 5.90 Å². The first-order chi connectivity index (χ1) is 5.93. The largest absolute Gasteiger partial charge is 0.298 e. The Bertz CT molecular complexity index is 130. The zero-order valence-electron chi connectivity index (χ0n) is 9.76. The molecule has 0 aromatic rings. The summed E-state index contributed by atoms with van der Waals surface area (Å²) in [7, 11) is 0. The average molecular weight is 187 g/mol. The van der Waals surface area contributed by atoms with Gasteiger partial charge in [0.2, 0.25) is 0 Å². The van der Waals surface area contributed by atoms with Crippen molar-refractivity contribution in [2.45, 2.75) is 59.5 Å². The van der Waals surface area contributed by atoms with Crippen molar-refractivity contribution in [1.29, 1.82) is 0 Å². The molecule has 0 fully saturated rings. The summed E-state index contributed by atoms with van der Waals surface area (Å²) in [5.74, 6) is 6.74. The lowest BCUT2D eigenvalue weighted by molar-refractivity contribution is -0.0530. The Morgan fingerprint density at radius 1 is 1.31 bits per heavy atom. The molecule has 0 aliphatic heterocycles. The van der Waals surface area contributed by atoms with Gasteiger partial charge in [-0.2, -0.15) is 0 Å². The minimum Gasteiger partial charge on any atom is -0.298 e. The van der Waals surface area contributed by atoms with Crippen LogP contribution in [0.2, 0.25) is 0 Å². The molecular formula is C11H25NO. The van der Waals surface area contributed by atoms with Gasteiger partial charge in [0.15, 0.2) is 0 Å². The summed E-state index contributed by atoms with van der Waals surface area (Å²) in [5, 5.41) is 0. The first-order valence-corrected chi connectivity index (χ1v) is 5.31. The first kappa shape index (κ1) is 12.9. The molecule has 80 valence electrons. The third kappa shape index (κ3) is 5.27. The van der Waals surface area contributed by atoms with Gasteiger partial charge in [0.25, 0.3) is 0 Å². The monoisotopic (exact) mass is 187 g/mol. The molecule has 2 unspecified atom stereocenters. The summed E-state index contributed by atoms with van der Waals surface area (Å²) in [6.07, 6.45) is 3.28. The van der Waals surface area contributed by atoms with Crippen molar-refractivity contribution in [2.24, 2.45) is 17.7 Å². The van der Waals surface area contributed by atoms with Gasteiger partial charge in [0.05, 0.1) is 5.60 Å². The highest BCUT2D eigenvalue weighted by atomic mass is 16.6. The average Bonchev–Trinajstić information content (AvgIpc) is 2.02. The van der Waals surface area contributed by atoms with Crippen LogP contribution in [0.4, 0.5) is 0 Å². The fourth-order valence-electron chi connectivity index (χ4n) is 1.90. The second-order valence-corrected chi connectivity index (χ2v) is 4.86. The highest BCUT2D eigenvalue weighted by Crippen LogP contribution is 2.26. The van der Waals surface area contributed by atoms with Crippen molar-refractivity contribution >= 4 is 0 Å². The Morgan fingerprint density at radius 2 is 1.85 bits per heavy atom. The van der Waals surface area contributed by atoms with Crippen molar-refractivity contribution in [2.75, 3.05) is 0 Å². The summed E-state index contributed by atoms with van der Waals surface area (Å²) in [5.41, 5.74) is -0.131. The molecular weight excluding hydrogens is 162 g/mol. The standard InChI is InChI=1S/C11H25NO/c1-6-11(5,13-12)8-10(4)7-9(2)3/h9-10H,6-8,12H2,1-5H3. The molecule has 2 N–H and O–H groups in total. The molecule has 0 aromatic heterocycles. The van der Waals surface area contributed by atoms with E-state index < -0.39 is 0 Å². The lowest BCUT2D eigenvalue weighted by atomic mass is 9.86. The van der Waals surface area contributed by atoms with Gasteiger partial charge < -0.3 is 0 Å². The minimum atomic E-state index is -0.131. The van der Waals surface area contributed by atoms with E-state index in [0.29, 0.717) is 5.92 Å². The molecule has 0 aliphatic rings. The fourth-order valence-corrected chi connectivity index (χ4v) is 1.90. The molecule has 0 spiro atoms. The quantitative estimate of drug-likeness (QED) is 0.648. The van der Waals surface area contributed by atoms with Crippen molar-refractivity contribution in [3.8, 4) is 0 Å². The van der Waals surface area contributed by atoms with Crippen LogP contribution >= 0.6 is 0 Å². The van der Waals surface area contributed by atoms with Gasteiger partial charge in [-0.25, -0.2) is 5.90 Å². The zero-order valence-corrected chi connectivity index (χ0v) is 9.76. The van der Waals surface area contributed by atoms with Crippen molar-refractivity contribution in [3.05, 3.63) is 0 Å². The number of hydrogen-bond acceptors (Lipinski definition) is 2. The number of nitrogens with two attached hydrogens (primary N) is 1. The van der Waals surface area contributed by atoms with Crippen LogP contribution in [0.15, 0.2) is 0 Å². The van der Waals surface area contributed by atoms with Crippen LogP contribution in [0.25, 0.3) is 0 Å². The molecule has 0 radical (unpaired) electrons. The molecule has 2 heteroatoms. The van der Waals surface area contributed by atoms with Crippen molar-refractivity contribution in [3.63, 3.8) is 0 Å². The predicted octanol–water partition coefficient (Wildman–Crippen LogP) is 3.12. The topological polar surface area (TPSA) is 35.2 Å². The third-order valence-electron chi connectivity index (χ3n) is 2.69. The van der Waals surface area contributed by atoms with Crippen molar-refractivity contribution < 1.29 is 4.84 Å². The Morgan fingerprint density at radius 3 is 2.15 bits per heavy atom. The second kappa shape index (κ2) is 5.61. The lowest BCUT2D eigenvalue weighted by Gasteiger charge is -2.29. The third-order valence-corrected chi connectivity index (χ3v) is 2.69. The van der Waals surface area contributed by atoms with Crippen LogP contribution in [-0.4, -0.2) is 5.60 Å². The summed E-state index contributed by atoms with van der Waals surface area (Å²) in [6, 6.07) is 0. The van der Waals surface area contributed by atoms with E-state index >= 15 is 0 Å². The Labute approximate surface area is 82.8 Å². The molecule has 0 saturated carbocycles. The smallest absolute Gasteiger partial charge is 0.0865 e. The van der Waals surface area contributed by atoms with Gasteiger partial charge in [0.1, 0.15) is 0 Å². The molecule has 0 aliphatic carbocycles. The van der Waals surface area contributed by atoms with Crippen LogP contribution in [0, 0.1) is 11.8 Å². The molecule has 0 aromatic carbocycles. The van der Waals surface area contributed by atoms with E-state index in [9.17, 15) is 0 Å². The van der Waals surface area contributed by atoms with E-state index in [2.05, 4.69) is 34.6 Å². The van der Waals surface area contributed by atoms with Crippen LogP contribution in [0.5, 0.6) is 0 Å². The van der Waals surface area contributed by atoms with E-state index in [4.69, 9.17) is 10.7 Å². The Balaban J connectivity index is 3.94. The van der Waals surface area contributed by atoms with Gasteiger partial charge in [-0.1, -0.05) is 27.7 Å².